The highest BCUT2D eigenvalue weighted by Crippen LogP contribution is 2.20. The summed E-state index contributed by atoms with van der Waals surface area (Å²) in [4.78, 5) is 27.7. The first kappa shape index (κ1) is 28.4. The Labute approximate surface area is 210 Å². The predicted octanol–water partition coefficient (Wildman–Crippen LogP) is 4.13. The van der Waals surface area contributed by atoms with Crippen LogP contribution in [0.2, 0.25) is 0 Å². The number of anilines is 1. The van der Waals surface area contributed by atoms with Gasteiger partial charge in [-0.3, -0.25) is 13.9 Å². The zero-order valence-corrected chi connectivity index (χ0v) is 22.3. The number of carbonyl (C=O) groups excluding carboxylic acids is 2. The summed E-state index contributed by atoms with van der Waals surface area (Å²) in [6.07, 6.45) is 3.31. The standard InChI is InChI=1S/C27H39N3O4S/c1-6-21(3)28-27(32)22(4)29(20-24-12-9-8-10-13-24)26(31)14-11-19-30(35(5,33)34)25-17-15-23(7-2)16-18-25/h8-10,12-13,15-18,21-22H,6-7,11,14,19-20H2,1-5H3,(H,28,32)/t21-,22+/m0/s1. The van der Waals surface area contributed by atoms with E-state index in [0.29, 0.717) is 18.7 Å². The van der Waals surface area contributed by atoms with Gasteiger partial charge in [0, 0.05) is 25.6 Å². The number of benzene rings is 2. The zero-order chi connectivity index (χ0) is 26.0. The van der Waals surface area contributed by atoms with Crippen LogP contribution in [-0.4, -0.2) is 50.0 Å². The highest BCUT2D eigenvalue weighted by molar-refractivity contribution is 7.92. The van der Waals surface area contributed by atoms with Crippen molar-refractivity contribution in [2.45, 2.75) is 72.0 Å². The van der Waals surface area contributed by atoms with E-state index in [-0.39, 0.29) is 30.8 Å². The van der Waals surface area contributed by atoms with Crippen LogP contribution >= 0.6 is 0 Å². The fraction of sp³-hybridized carbons (Fsp3) is 0.481. The van der Waals surface area contributed by atoms with Gasteiger partial charge in [0.2, 0.25) is 21.8 Å². The normalized spacial score (nSPS) is 13.1. The third-order valence-corrected chi connectivity index (χ3v) is 7.34. The molecule has 0 aliphatic carbocycles. The number of sulfonamides is 1. The molecule has 0 saturated heterocycles. The van der Waals surface area contributed by atoms with Gasteiger partial charge in [-0.25, -0.2) is 8.42 Å². The minimum Gasteiger partial charge on any atom is -0.352 e. The molecule has 0 heterocycles. The van der Waals surface area contributed by atoms with Gasteiger partial charge in [-0.1, -0.05) is 56.3 Å². The molecule has 2 atom stereocenters. The number of hydrogen-bond acceptors (Lipinski definition) is 4. The van der Waals surface area contributed by atoms with Gasteiger partial charge in [0.15, 0.2) is 0 Å². The highest BCUT2D eigenvalue weighted by Gasteiger charge is 2.27. The average molecular weight is 502 g/mol. The summed E-state index contributed by atoms with van der Waals surface area (Å²) >= 11 is 0. The number of rotatable bonds is 13. The van der Waals surface area contributed by atoms with E-state index < -0.39 is 16.1 Å². The Balaban J connectivity index is 2.13. The van der Waals surface area contributed by atoms with Gasteiger partial charge in [0.25, 0.3) is 0 Å². The minimum atomic E-state index is -3.51. The van der Waals surface area contributed by atoms with Crippen molar-refractivity contribution in [1.29, 1.82) is 0 Å². The molecule has 7 nitrogen and oxygen atoms in total. The van der Waals surface area contributed by atoms with Crippen molar-refractivity contribution in [2.75, 3.05) is 17.1 Å². The molecule has 0 radical (unpaired) electrons. The SMILES string of the molecule is CCc1ccc(N(CCCC(=O)N(Cc2ccccc2)[C@H](C)C(=O)N[C@@H](C)CC)S(C)(=O)=O)cc1. The van der Waals surface area contributed by atoms with Gasteiger partial charge >= 0.3 is 0 Å². The Kier molecular flexibility index (Phi) is 10.8. The van der Waals surface area contributed by atoms with E-state index in [2.05, 4.69) is 5.32 Å². The minimum absolute atomic E-state index is 0.0149. The summed E-state index contributed by atoms with van der Waals surface area (Å²) in [6, 6.07) is 16.3. The van der Waals surface area contributed by atoms with Crippen molar-refractivity contribution < 1.29 is 18.0 Å². The molecule has 1 N–H and O–H groups in total. The van der Waals surface area contributed by atoms with Crippen LogP contribution in [-0.2, 0) is 32.6 Å². The summed E-state index contributed by atoms with van der Waals surface area (Å²) in [5.74, 6) is -0.382. The fourth-order valence-electron chi connectivity index (χ4n) is 3.73. The van der Waals surface area contributed by atoms with E-state index in [4.69, 9.17) is 0 Å². The number of hydrogen-bond donors (Lipinski definition) is 1. The van der Waals surface area contributed by atoms with Crippen LogP contribution in [0.25, 0.3) is 0 Å². The third-order valence-electron chi connectivity index (χ3n) is 6.15. The third kappa shape index (κ3) is 8.69. The van der Waals surface area contributed by atoms with Crippen molar-refractivity contribution in [3.05, 3.63) is 65.7 Å². The van der Waals surface area contributed by atoms with E-state index in [0.717, 1.165) is 24.0 Å². The first-order valence-electron chi connectivity index (χ1n) is 12.3. The average Bonchev–Trinajstić information content (AvgIpc) is 2.84. The van der Waals surface area contributed by atoms with Crippen molar-refractivity contribution in [1.82, 2.24) is 10.2 Å². The second-order valence-corrected chi connectivity index (χ2v) is 10.9. The van der Waals surface area contributed by atoms with Crippen molar-refractivity contribution in [3.63, 3.8) is 0 Å². The lowest BCUT2D eigenvalue weighted by Crippen LogP contribution is -2.49. The maximum Gasteiger partial charge on any atom is 0.242 e. The number of carbonyl (C=O) groups is 2. The van der Waals surface area contributed by atoms with E-state index in [1.807, 2.05) is 63.2 Å². The molecule has 2 aromatic rings. The summed E-state index contributed by atoms with van der Waals surface area (Å²) in [7, 11) is -3.51. The molecule has 2 amide bonds. The van der Waals surface area contributed by atoms with Crippen LogP contribution in [0.15, 0.2) is 54.6 Å². The fourth-order valence-corrected chi connectivity index (χ4v) is 4.70. The van der Waals surface area contributed by atoms with Crippen molar-refractivity contribution >= 4 is 27.5 Å². The second-order valence-electron chi connectivity index (χ2n) is 8.96. The zero-order valence-electron chi connectivity index (χ0n) is 21.5. The topological polar surface area (TPSA) is 86.8 Å². The number of aryl methyl sites for hydroxylation is 1. The van der Waals surface area contributed by atoms with E-state index in [1.54, 1.807) is 24.0 Å². The van der Waals surface area contributed by atoms with Gasteiger partial charge in [0.1, 0.15) is 6.04 Å². The number of nitrogens with one attached hydrogen (secondary N) is 1. The molecule has 2 aromatic carbocycles. The van der Waals surface area contributed by atoms with Crippen LogP contribution in [0, 0.1) is 0 Å². The molecule has 0 unspecified atom stereocenters. The van der Waals surface area contributed by atoms with Gasteiger partial charge in [-0.05, 0) is 56.4 Å². The molecular weight excluding hydrogens is 462 g/mol. The molecule has 0 aliphatic heterocycles. The van der Waals surface area contributed by atoms with Gasteiger partial charge < -0.3 is 10.2 Å². The first-order valence-corrected chi connectivity index (χ1v) is 14.1. The van der Waals surface area contributed by atoms with Gasteiger partial charge in [-0.15, -0.1) is 0 Å². The summed E-state index contributed by atoms with van der Waals surface area (Å²) in [5, 5.41) is 2.96. The van der Waals surface area contributed by atoms with E-state index in [9.17, 15) is 18.0 Å². The van der Waals surface area contributed by atoms with E-state index >= 15 is 0 Å². The number of amides is 2. The monoisotopic (exact) mass is 501 g/mol. The molecule has 2 rings (SSSR count). The van der Waals surface area contributed by atoms with Crippen LogP contribution in [0.1, 0.15) is 58.1 Å². The lowest BCUT2D eigenvalue weighted by Gasteiger charge is -2.30. The van der Waals surface area contributed by atoms with Crippen molar-refractivity contribution in [3.8, 4) is 0 Å². The molecular formula is C27H39N3O4S. The lowest BCUT2D eigenvalue weighted by atomic mass is 10.1. The molecule has 8 heteroatoms. The van der Waals surface area contributed by atoms with Gasteiger partial charge in [0.05, 0.1) is 11.9 Å². The van der Waals surface area contributed by atoms with Crippen LogP contribution in [0.4, 0.5) is 5.69 Å². The van der Waals surface area contributed by atoms with Crippen LogP contribution in [0.5, 0.6) is 0 Å². The van der Waals surface area contributed by atoms with Gasteiger partial charge in [-0.2, -0.15) is 0 Å². The predicted molar refractivity (Wildman–Crippen MR) is 142 cm³/mol. The van der Waals surface area contributed by atoms with E-state index in [1.165, 1.54) is 10.6 Å². The Morgan fingerprint density at radius 3 is 2.11 bits per heavy atom. The Morgan fingerprint density at radius 1 is 0.943 bits per heavy atom. The largest absolute Gasteiger partial charge is 0.352 e. The lowest BCUT2D eigenvalue weighted by molar-refractivity contribution is -0.140. The Morgan fingerprint density at radius 2 is 1.57 bits per heavy atom. The molecule has 192 valence electrons. The number of nitrogens with zero attached hydrogens (tertiary/aromatic N) is 2. The van der Waals surface area contributed by atoms with Crippen LogP contribution in [0.3, 0.4) is 0 Å². The highest BCUT2D eigenvalue weighted by atomic mass is 32.2. The smallest absolute Gasteiger partial charge is 0.242 e. The summed E-state index contributed by atoms with van der Waals surface area (Å²) in [6.45, 7) is 8.19. The van der Waals surface area contributed by atoms with Crippen molar-refractivity contribution in [2.24, 2.45) is 0 Å². The first-order chi connectivity index (χ1) is 16.6. The molecule has 0 bridgehead atoms. The maximum absolute atomic E-state index is 13.3. The molecule has 0 fully saturated rings. The second kappa shape index (κ2) is 13.3. The molecule has 0 aliphatic rings. The summed E-state index contributed by atoms with van der Waals surface area (Å²) < 4.78 is 26.2. The quantitative estimate of drug-likeness (QED) is 0.447. The molecule has 35 heavy (non-hydrogen) atoms. The Hall–Kier alpha value is -2.87. The van der Waals surface area contributed by atoms with Crippen LogP contribution < -0.4 is 9.62 Å². The Bertz CT molecular complexity index is 1060. The molecule has 0 saturated carbocycles. The molecule has 0 spiro atoms. The summed E-state index contributed by atoms with van der Waals surface area (Å²) in [5.41, 5.74) is 2.64. The molecule has 0 aromatic heterocycles. The maximum atomic E-state index is 13.3.